The number of hydrogen-bond donors (Lipinski definition) is 1. The first-order valence-electron chi connectivity index (χ1n) is 8.83. The van der Waals surface area contributed by atoms with E-state index in [-0.39, 0.29) is 0 Å². The van der Waals surface area contributed by atoms with Crippen LogP contribution in [0.1, 0.15) is 45.1 Å². The average molecular weight is 321 g/mol. The first-order valence-corrected chi connectivity index (χ1v) is 8.83. The van der Waals surface area contributed by atoms with Gasteiger partial charge in [0, 0.05) is 19.7 Å². The molecule has 0 aromatic heterocycles. The van der Waals surface area contributed by atoms with Crippen LogP contribution in [0.25, 0.3) is 0 Å². The predicted octanol–water partition coefficient (Wildman–Crippen LogP) is 3.05. The molecule has 130 valence electrons. The van der Waals surface area contributed by atoms with E-state index in [1.807, 2.05) is 25.1 Å². The molecule has 0 bridgehead atoms. The summed E-state index contributed by atoms with van der Waals surface area (Å²) in [5.74, 6) is 1.30. The molecule has 2 rings (SSSR count). The van der Waals surface area contributed by atoms with E-state index in [4.69, 9.17) is 9.47 Å². The van der Waals surface area contributed by atoms with Crippen molar-refractivity contribution in [1.29, 1.82) is 0 Å². The number of aliphatic hydroxyl groups is 1. The number of ether oxygens (including phenoxy) is 2. The Morgan fingerprint density at radius 1 is 1.30 bits per heavy atom. The van der Waals surface area contributed by atoms with Gasteiger partial charge in [0.25, 0.3) is 0 Å². The Morgan fingerprint density at radius 2 is 2.09 bits per heavy atom. The van der Waals surface area contributed by atoms with Crippen molar-refractivity contribution in [3.63, 3.8) is 0 Å². The first-order chi connectivity index (χ1) is 11.1. The molecular formula is C19H31NO3. The van der Waals surface area contributed by atoms with Gasteiger partial charge in [-0.2, -0.15) is 0 Å². The average Bonchev–Trinajstić information content (AvgIpc) is 2.54. The highest BCUT2D eigenvalue weighted by atomic mass is 16.5. The molecule has 1 aromatic rings. The Morgan fingerprint density at radius 3 is 2.83 bits per heavy atom. The third-order valence-electron chi connectivity index (χ3n) is 4.31. The second-order valence-corrected chi connectivity index (χ2v) is 6.64. The number of benzene rings is 1. The number of β-amino-alcohol motifs (C(OH)–C–C–N with tert-alkyl or cyclic N) is 1. The maximum atomic E-state index is 10.3. The van der Waals surface area contributed by atoms with Crippen LogP contribution in [0.4, 0.5) is 0 Å². The van der Waals surface area contributed by atoms with Gasteiger partial charge in [0.2, 0.25) is 0 Å². The summed E-state index contributed by atoms with van der Waals surface area (Å²) in [6.07, 6.45) is 2.09. The fraction of sp³-hybridized carbons (Fsp3) is 0.684. The van der Waals surface area contributed by atoms with E-state index in [9.17, 15) is 5.11 Å². The van der Waals surface area contributed by atoms with Crippen molar-refractivity contribution >= 4 is 0 Å². The summed E-state index contributed by atoms with van der Waals surface area (Å²) in [5, 5.41) is 10.3. The van der Waals surface area contributed by atoms with Crippen molar-refractivity contribution in [3.05, 3.63) is 29.8 Å². The number of aliphatic hydroxyl groups excluding tert-OH is 1. The normalized spacial score (nSPS) is 20.7. The molecule has 0 spiro atoms. The van der Waals surface area contributed by atoms with Gasteiger partial charge in [-0.1, -0.05) is 32.0 Å². The maximum absolute atomic E-state index is 10.3. The third-order valence-corrected chi connectivity index (χ3v) is 4.31. The van der Waals surface area contributed by atoms with Crippen molar-refractivity contribution in [2.75, 3.05) is 32.8 Å². The summed E-state index contributed by atoms with van der Waals surface area (Å²) >= 11 is 0. The smallest absolute Gasteiger partial charge is 0.122 e. The lowest BCUT2D eigenvalue weighted by atomic mass is 10.0. The van der Waals surface area contributed by atoms with Crippen molar-refractivity contribution in [3.8, 4) is 5.75 Å². The van der Waals surface area contributed by atoms with Crippen molar-refractivity contribution in [2.45, 2.75) is 51.7 Å². The van der Waals surface area contributed by atoms with E-state index < -0.39 is 6.10 Å². The quantitative estimate of drug-likeness (QED) is 0.799. The largest absolute Gasteiger partial charge is 0.491 e. The Balaban J connectivity index is 1.80. The zero-order valence-electron chi connectivity index (χ0n) is 14.7. The minimum atomic E-state index is -0.476. The summed E-state index contributed by atoms with van der Waals surface area (Å²) in [7, 11) is 0. The van der Waals surface area contributed by atoms with Crippen LogP contribution in [-0.4, -0.2) is 55.1 Å². The molecule has 0 aliphatic carbocycles. The summed E-state index contributed by atoms with van der Waals surface area (Å²) in [6.45, 7) is 10.0. The van der Waals surface area contributed by atoms with Crippen LogP contribution >= 0.6 is 0 Å². The molecule has 0 amide bonds. The Kier molecular flexibility index (Phi) is 7.34. The first kappa shape index (κ1) is 18.2. The molecule has 4 nitrogen and oxygen atoms in total. The number of para-hydroxylation sites is 1. The molecular weight excluding hydrogens is 290 g/mol. The lowest BCUT2D eigenvalue weighted by molar-refractivity contribution is -0.0123. The van der Waals surface area contributed by atoms with Gasteiger partial charge in [0.15, 0.2) is 0 Å². The van der Waals surface area contributed by atoms with Gasteiger partial charge in [0.05, 0.1) is 6.10 Å². The minimum absolute atomic E-state index is 0.309. The highest BCUT2D eigenvalue weighted by Gasteiger charge is 2.22. The molecule has 1 saturated heterocycles. The Hall–Kier alpha value is -1.10. The molecule has 1 N–H and O–H groups in total. The zero-order valence-corrected chi connectivity index (χ0v) is 14.7. The number of likely N-dealkylation sites (tertiary alicyclic amines) is 1. The second kappa shape index (κ2) is 9.26. The van der Waals surface area contributed by atoms with E-state index in [1.54, 1.807) is 0 Å². The van der Waals surface area contributed by atoms with Gasteiger partial charge in [0.1, 0.15) is 18.5 Å². The maximum Gasteiger partial charge on any atom is 0.122 e. The highest BCUT2D eigenvalue weighted by Crippen LogP contribution is 2.26. The van der Waals surface area contributed by atoms with Gasteiger partial charge >= 0.3 is 0 Å². The van der Waals surface area contributed by atoms with Gasteiger partial charge in [-0.05, 0) is 43.9 Å². The van der Waals surface area contributed by atoms with Crippen molar-refractivity contribution < 1.29 is 14.6 Å². The molecule has 2 atom stereocenters. The summed E-state index contributed by atoms with van der Waals surface area (Å²) in [5.41, 5.74) is 1.19. The molecule has 23 heavy (non-hydrogen) atoms. The molecule has 1 fully saturated rings. The fourth-order valence-electron chi connectivity index (χ4n) is 3.18. The summed E-state index contributed by atoms with van der Waals surface area (Å²) < 4.78 is 11.6. The van der Waals surface area contributed by atoms with Crippen LogP contribution in [0.5, 0.6) is 5.75 Å². The molecule has 1 aliphatic rings. The van der Waals surface area contributed by atoms with Crippen LogP contribution in [0.3, 0.4) is 0 Å². The number of rotatable bonds is 8. The zero-order chi connectivity index (χ0) is 16.7. The molecule has 1 aromatic carbocycles. The van der Waals surface area contributed by atoms with Crippen LogP contribution in [-0.2, 0) is 4.74 Å². The fourth-order valence-corrected chi connectivity index (χ4v) is 3.18. The standard InChI is InChI=1S/C19H31NO3/c1-4-22-17-8-7-11-20(13-17)12-16(21)14-23-19-10-6-5-9-18(19)15(2)3/h5-6,9-10,15-17,21H,4,7-8,11-14H2,1-3H3. The number of hydrogen-bond acceptors (Lipinski definition) is 4. The Bertz CT molecular complexity index is 462. The highest BCUT2D eigenvalue weighted by molar-refractivity contribution is 5.35. The van der Waals surface area contributed by atoms with Crippen molar-refractivity contribution in [2.24, 2.45) is 0 Å². The molecule has 4 heteroatoms. The summed E-state index contributed by atoms with van der Waals surface area (Å²) in [4.78, 5) is 2.28. The SMILES string of the molecule is CCOC1CCCN(CC(O)COc2ccccc2C(C)C)C1. The van der Waals surface area contributed by atoms with Crippen LogP contribution < -0.4 is 4.74 Å². The van der Waals surface area contributed by atoms with E-state index in [0.29, 0.717) is 25.2 Å². The lowest BCUT2D eigenvalue weighted by Crippen LogP contribution is -2.44. The molecule has 0 radical (unpaired) electrons. The summed E-state index contributed by atoms with van der Waals surface area (Å²) in [6, 6.07) is 8.07. The van der Waals surface area contributed by atoms with E-state index in [2.05, 4.69) is 24.8 Å². The molecule has 1 heterocycles. The van der Waals surface area contributed by atoms with Crippen molar-refractivity contribution in [1.82, 2.24) is 4.90 Å². The molecule has 0 saturated carbocycles. The van der Waals surface area contributed by atoms with E-state index in [0.717, 1.165) is 38.3 Å². The molecule has 2 unspecified atom stereocenters. The number of nitrogens with zero attached hydrogens (tertiary/aromatic N) is 1. The monoisotopic (exact) mass is 321 g/mol. The second-order valence-electron chi connectivity index (χ2n) is 6.64. The number of piperidine rings is 1. The van der Waals surface area contributed by atoms with E-state index >= 15 is 0 Å². The van der Waals surface area contributed by atoms with Gasteiger partial charge in [-0.3, -0.25) is 4.90 Å². The predicted molar refractivity (Wildman–Crippen MR) is 93.1 cm³/mol. The van der Waals surface area contributed by atoms with E-state index in [1.165, 1.54) is 5.56 Å². The van der Waals surface area contributed by atoms with Crippen LogP contribution in [0.15, 0.2) is 24.3 Å². The lowest BCUT2D eigenvalue weighted by Gasteiger charge is -2.33. The Labute approximate surface area is 140 Å². The van der Waals surface area contributed by atoms with Gasteiger partial charge in [-0.15, -0.1) is 0 Å². The van der Waals surface area contributed by atoms with Gasteiger partial charge in [-0.25, -0.2) is 0 Å². The van der Waals surface area contributed by atoms with Crippen LogP contribution in [0.2, 0.25) is 0 Å². The van der Waals surface area contributed by atoms with Crippen LogP contribution in [0, 0.1) is 0 Å². The minimum Gasteiger partial charge on any atom is -0.491 e. The third kappa shape index (κ3) is 5.79. The van der Waals surface area contributed by atoms with Gasteiger partial charge < -0.3 is 14.6 Å². The molecule has 1 aliphatic heterocycles. The topological polar surface area (TPSA) is 41.9 Å².